The third kappa shape index (κ3) is 2.98. The molecule has 0 amide bonds. The Morgan fingerprint density at radius 2 is 1.87 bits per heavy atom. The minimum absolute atomic E-state index is 0.0147. The number of fused-ring (bicyclic) bond motifs is 1. The van der Waals surface area contributed by atoms with Crippen molar-refractivity contribution in [2.24, 2.45) is 0 Å². The van der Waals surface area contributed by atoms with E-state index < -0.39 is 0 Å². The number of hydrogen-bond donors (Lipinski definition) is 0. The van der Waals surface area contributed by atoms with Crippen LogP contribution < -0.4 is 4.74 Å². The first kappa shape index (κ1) is 12.1. The molecule has 15 heavy (non-hydrogen) atoms. The van der Waals surface area contributed by atoms with E-state index in [2.05, 4.69) is 39.0 Å². The average molecular weight is 206 g/mol. The van der Waals surface area contributed by atoms with Crippen molar-refractivity contribution in [1.82, 2.24) is 0 Å². The van der Waals surface area contributed by atoms with Gasteiger partial charge in [-0.2, -0.15) is 0 Å². The maximum atomic E-state index is 5.90. The van der Waals surface area contributed by atoms with E-state index in [1.165, 1.54) is 11.1 Å². The molecule has 2 rings (SSSR count). The normalized spacial score (nSPS) is 16.9. The van der Waals surface area contributed by atoms with E-state index in [0.717, 1.165) is 18.6 Å². The summed E-state index contributed by atoms with van der Waals surface area (Å²) in [6.45, 7) is 10.4. The van der Waals surface area contributed by atoms with Crippen molar-refractivity contribution in [2.75, 3.05) is 0 Å². The molecule has 0 fully saturated rings. The fraction of sp³-hybridized carbons (Fsp3) is 0.571. The van der Waals surface area contributed by atoms with Crippen LogP contribution in [-0.4, -0.2) is 5.60 Å². The topological polar surface area (TPSA) is 9.23 Å². The molecule has 1 heteroatoms. The van der Waals surface area contributed by atoms with Gasteiger partial charge in [0.05, 0.1) is 0 Å². The summed E-state index contributed by atoms with van der Waals surface area (Å²) in [7, 11) is 0. The lowest BCUT2D eigenvalue weighted by molar-refractivity contribution is 0.0846. The third-order valence-corrected chi connectivity index (χ3v) is 2.61. The highest BCUT2D eigenvalue weighted by Gasteiger charge is 2.25. The third-order valence-electron chi connectivity index (χ3n) is 2.61. The zero-order chi connectivity index (χ0) is 11.5. The van der Waals surface area contributed by atoms with Crippen molar-refractivity contribution in [3.63, 3.8) is 0 Å². The monoisotopic (exact) mass is 206 g/mol. The quantitative estimate of drug-likeness (QED) is 0.620. The molecule has 0 unspecified atom stereocenters. The van der Waals surface area contributed by atoms with Gasteiger partial charge >= 0.3 is 0 Å². The van der Waals surface area contributed by atoms with E-state index in [1.54, 1.807) is 0 Å². The van der Waals surface area contributed by atoms with Crippen molar-refractivity contribution < 1.29 is 4.74 Å². The Morgan fingerprint density at radius 3 is 2.53 bits per heavy atom. The second-order valence-corrected chi connectivity index (χ2v) is 4.47. The summed E-state index contributed by atoms with van der Waals surface area (Å²) < 4.78 is 5.90. The van der Waals surface area contributed by atoms with Gasteiger partial charge < -0.3 is 4.74 Å². The van der Waals surface area contributed by atoms with Crippen LogP contribution in [0.25, 0.3) is 0 Å². The van der Waals surface area contributed by atoms with Crippen molar-refractivity contribution in [2.45, 2.75) is 53.1 Å². The summed E-state index contributed by atoms with van der Waals surface area (Å²) in [6, 6.07) is 6.47. The molecule has 0 bridgehead atoms. The Kier molecular flexibility index (Phi) is 3.78. The van der Waals surface area contributed by atoms with E-state index in [0.29, 0.717) is 0 Å². The van der Waals surface area contributed by atoms with Gasteiger partial charge in [-0.15, -0.1) is 0 Å². The van der Waals surface area contributed by atoms with Crippen LogP contribution in [-0.2, 0) is 6.42 Å². The average Bonchev–Trinajstić information content (AvgIpc) is 2.19. The van der Waals surface area contributed by atoms with Gasteiger partial charge in [0.1, 0.15) is 11.4 Å². The van der Waals surface area contributed by atoms with E-state index in [-0.39, 0.29) is 5.60 Å². The Bertz CT molecular complexity index is 326. The highest BCUT2D eigenvalue weighted by Crippen LogP contribution is 2.33. The van der Waals surface area contributed by atoms with E-state index in [4.69, 9.17) is 4.74 Å². The number of rotatable bonds is 0. The Balaban J connectivity index is 0.000000531. The molecule has 0 aromatic heterocycles. The smallest absolute Gasteiger partial charge is 0.123 e. The highest BCUT2D eigenvalue weighted by molar-refractivity contribution is 5.39. The van der Waals surface area contributed by atoms with E-state index in [1.807, 2.05) is 13.8 Å². The van der Waals surface area contributed by atoms with E-state index in [9.17, 15) is 0 Å². The fourth-order valence-electron chi connectivity index (χ4n) is 1.75. The summed E-state index contributed by atoms with van der Waals surface area (Å²) in [6.07, 6.45) is 2.26. The van der Waals surface area contributed by atoms with Crippen molar-refractivity contribution in [1.29, 1.82) is 0 Å². The van der Waals surface area contributed by atoms with Gasteiger partial charge in [-0.1, -0.05) is 26.0 Å². The SMILES string of the molecule is CC.Cc1ccc2c(c1)OC(C)(C)CC2. The predicted octanol–water partition coefficient (Wildman–Crippen LogP) is 4.12. The van der Waals surface area contributed by atoms with Gasteiger partial charge in [-0.3, -0.25) is 0 Å². The maximum Gasteiger partial charge on any atom is 0.123 e. The van der Waals surface area contributed by atoms with Gasteiger partial charge in [-0.25, -0.2) is 0 Å². The van der Waals surface area contributed by atoms with Crippen LogP contribution >= 0.6 is 0 Å². The molecular formula is C14H22O. The number of ether oxygens (including phenoxy) is 1. The number of hydrogen-bond acceptors (Lipinski definition) is 1. The highest BCUT2D eigenvalue weighted by atomic mass is 16.5. The van der Waals surface area contributed by atoms with E-state index >= 15 is 0 Å². The van der Waals surface area contributed by atoms with Crippen LogP contribution in [0.2, 0.25) is 0 Å². The second kappa shape index (κ2) is 4.69. The summed E-state index contributed by atoms with van der Waals surface area (Å²) in [4.78, 5) is 0. The van der Waals surface area contributed by atoms with Crippen LogP contribution in [0.4, 0.5) is 0 Å². The Morgan fingerprint density at radius 1 is 1.20 bits per heavy atom. The first-order valence-electron chi connectivity index (χ1n) is 5.85. The first-order valence-corrected chi connectivity index (χ1v) is 5.85. The molecule has 1 aliphatic rings. The molecule has 0 atom stereocenters. The number of benzene rings is 1. The standard InChI is InChI=1S/C12H16O.C2H6/c1-9-4-5-10-6-7-12(2,3)13-11(10)8-9;1-2/h4-5,8H,6-7H2,1-3H3;1-2H3. The van der Waals surface area contributed by atoms with Gasteiger partial charge in [0.25, 0.3) is 0 Å². The number of aryl methyl sites for hydroxylation is 2. The summed E-state index contributed by atoms with van der Waals surface area (Å²) in [5.41, 5.74) is 2.64. The molecule has 0 saturated heterocycles. The molecule has 84 valence electrons. The zero-order valence-electron chi connectivity index (χ0n) is 10.6. The molecule has 1 aliphatic heterocycles. The first-order chi connectivity index (χ1) is 7.07. The van der Waals surface area contributed by atoms with Crippen LogP contribution in [0.3, 0.4) is 0 Å². The maximum absolute atomic E-state index is 5.90. The van der Waals surface area contributed by atoms with Crippen LogP contribution in [0.15, 0.2) is 18.2 Å². The van der Waals surface area contributed by atoms with Crippen LogP contribution in [0.5, 0.6) is 5.75 Å². The van der Waals surface area contributed by atoms with Crippen LogP contribution in [0, 0.1) is 6.92 Å². The van der Waals surface area contributed by atoms with Gasteiger partial charge in [-0.05, 0) is 50.8 Å². The molecule has 1 aromatic carbocycles. The Hall–Kier alpha value is -0.980. The molecular weight excluding hydrogens is 184 g/mol. The molecule has 0 aliphatic carbocycles. The molecule has 1 heterocycles. The lowest BCUT2D eigenvalue weighted by atomic mass is 9.94. The zero-order valence-corrected chi connectivity index (χ0v) is 10.6. The lowest BCUT2D eigenvalue weighted by Crippen LogP contribution is -2.32. The predicted molar refractivity (Wildman–Crippen MR) is 65.6 cm³/mol. The van der Waals surface area contributed by atoms with Crippen LogP contribution in [0.1, 0.15) is 45.2 Å². The Labute approximate surface area is 93.5 Å². The second-order valence-electron chi connectivity index (χ2n) is 4.47. The van der Waals surface area contributed by atoms with Gasteiger partial charge in [0, 0.05) is 0 Å². The lowest BCUT2D eigenvalue weighted by Gasteiger charge is -2.32. The van der Waals surface area contributed by atoms with Crippen molar-refractivity contribution >= 4 is 0 Å². The van der Waals surface area contributed by atoms with Gasteiger partial charge in [0.2, 0.25) is 0 Å². The summed E-state index contributed by atoms with van der Waals surface area (Å²) >= 11 is 0. The molecule has 0 N–H and O–H groups in total. The molecule has 0 radical (unpaired) electrons. The largest absolute Gasteiger partial charge is 0.488 e. The van der Waals surface area contributed by atoms with Crippen molar-refractivity contribution in [3.8, 4) is 5.75 Å². The molecule has 0 spiro atoms. The summed E-state index contributed by atoms with van der Waals surface area (Å²) in [5, 5.41) is 0. The summed E-state index contributed by atoms with van der Waals surface area (Å²) in [5.74, 6) is 1.08. The van der Waals surface area contributed by atoms with Crippen molar-refractivity contribution in [3.05, 3.63) is 29.3 Å². The minimum Gasteiger partial charge on any atom is -0.488 e. The minimum atomic E-state index is 0.0147. The van der Waals surface area contributed by atoms with Gasteiger partial charge in [0.15, 0.2) is 0 Å². The molecule has 1 nitrogen and oxygen atoms in total. The fourth-order valence-corrected chi connectivity index (χ4v) is 1.75. The molecule has 0 saturated carbocycles. The molecule has 1 aromatic rings.